The topological polar surface area (TPSA) is 63.5 Å². The monoisotopic (exact) mass is 388 g/mol. The number of benzene rings is 2. The van der Waals surface area contributed by atoms with Gasteiger partial charge in [-0.05, 0) is 36.3 Å². The van der Waals surface area contributed by atoms with Gasteiger partial charge in [-0.15, -0.1) is 0 Å². The maximum Gasteiger partial charge on any atom is 0.269 e. The van der Waals surface area contributed by atoms with Crippen LogP contribution in [0, 0.1) is 10.1 Å². The Kier molecular flexibility index (Phi) is 5.87. The molecule has 0 aliphatic carbocycles. The molecule has 0 aromatic heterocycles. The number of nitrogens with zero attached hydrogens (tertiary/aromatic N) is 2. The van der Waals surface area contributed by atoms with E-state index >= 15 is 0 Å². The van der Waals surface area contributed by atoms with Gasteiger partial charge in [0, 0.05) is 29.7 Å². The first-order valence-electron chi connectivity index (χ1n) is 7.33. The fourth-order valence-electron chi connectivity index (χ4n) is 2.17. The van der Waals surface area contributed by atoms with Crippen LogP contribution in [0.2, 0.25) is 0 Å². The molecule has 0 heterocycles. The highest BCUT2D eigenvalue weighted by Gasteiger charge is 2.17. The largest absolute Gasteiger partial charge is 0.335 e. The average molecular weight is 389 g/mol. The summed E-state index contributed by atoms with van der Waals surface area (Å²) in [5.41, 5.74) is 1.66. The number of nitro groups is 1. The predicted molar refractivity (Wildman–Crippen MR) is 97.5 cm³/mol. The molecule has 24 heavy (non-hydrogen) atoms. The highest BCUT2D eigenvalue weighted by molar-refractivity contribution is 9.10. The minimum Gasteiger partial charge on any atom is -0.335 e. The van der Waals surface area contributed by atoms with Gasteiger partial charge in [0.05, 0.1) is 11.0 Å². The van der Waals surface area contributed by atoms with Gasteiger partial charge in [-0.1, -0.05) is 40.2 Å². The lowest BCUT2D eigenvalue weighted by Crippen LogP contribution is -2.28. The van der Waals surface area contributed by atoms with Gasteiger partial charge in [0.15, 0.2) is 0 Å². The quantitative estimate of drug-likeness (QED) is 0.427. The Morgan fingerprint density at radius 1 is 1.25 bits per heavy atom. The van der Waals surface area contributed by atoms with Crippen molar-refractivity contribution in [3.63, 3.8) is 0 Å². The summed E-state index contributed by atoms with van der Waals surface area (Å²) in [6.07, 6.45) is 3.24. The van der Waals surface area contributed by atoms with Crippen molar-refractivity contribution in [1.82, 2.24) is 4.90 Å². The molecular weight excluding hydrogens is 372 g/mol. The van der Waals surface area contributed by atoms with Crippen LogP contribution in [-0.4, -0.2) is 22.8 Å². The number of hydrogen-bond acceptors (Lipinski definition) is 3. The summed E-state index contributed by atoms with van der Waals surface area (Å²) in [6.45, 7) is 1.84. The number of amides is 1. The maximum atomic E-state index is 12.3. The molecule has 0 N–H and O–H groups in total. The number of carbonyl (C=O) groups excluding carboxylic acids is 1. The summed E-state index contributed by atoms with van der Waals surface area (Å²) >= 11 is 3.36. The second-order valence-corrected chi connectivity index (χ2v) is 6.28. The number of non-ortho nitro benzene ring substituents is 1. The van der Waals surface area contributed by atoms with Gasteiger partial charge in [0.2, 0.25) is 5.91 Å². The molecule has 2 rings (SSSR count). The Labute approximate surface area is 148 Å². The summed E-state index contributed by atoms with van der Waals surface area (Å²) in [4.78, 5) is 24.3. The fraction of sp³-hybridized carbons (Fsp3) is 0.167. The first-order valence-corrected chi connectivity index (χ1v) is 8.12. The molecule has 124 valence electrons. The van der Waals surface area contributed by atoms with E-state index in [1.54, 1.807) is 30.2 Å². The number of halogens is 1. The van der Waals surface area contributed by atoms with Gasteiger partial charge in [0.25, 0.3) is 5.69 Å². The molecule has 5 nitrogen and oxygen atoms in total. The minimum absolute atomic E-state index is 0.0191. The molecule has 0 aliphatic rings. The standard InChI is InChI=1S/C18H17BrN2O3/c1-13(15-4-3-5-17(12-15)21(23)24)20(2)18(22)11-8-14-6-9-16(19)10-7-14/h3-13H,1-2H3/b11-8+/t13-/m0/s1. The Morgan fingerprint density at radius 2 is 1.92 bits per heavy atom. The maximum absolute atomic E-state index is 12.3. The summed E-state index contributed by atoms with van der Waals surface area (Å²) in [7, 11) is 1.68. The van der Waals surface area contributed by atoms with Crippen LogP contribution in [0.4, 0.5) is 5.69 Å². The van der Waals surface area contributed by atoms with Crippen LogP contribution in [-0.2, 0) is 4.79 Å². The first-order chi connectivity index (χ1) is 11.4. The van der Waals surface area contributed by atoms with Gasteiger partial charge < -0.3 is 4.90 Å². The molecule has 2 aromatic rings. The lowest BCUT2D eigenvalue weighted by atomic mass is 10.1. The van der Waals surface area contributed by atoms with E-state index in [0.717, 1.165) is 15.6 Å². The molecule has 0 fully saturated rings. The number of rotatable bonds is 5. The number of nitro benzene ring substituents is 1. The average Bonchev–Trinajstić information content (AvgIpc) is 2.59. The predicted octanol–water partition coefficient (Wildman–Crippen LogP) is 4.59. The van der Waals surface area contributed by atoms with Crippen molar-refractivity contribution >= 4 is 33.6 Å². The summed E-state index contributed by atoms with van der Waals surface area (Å²) in [6, 6.07) is 13.7. The van der Waals surface area contributed by atoms with E-state index in [1.807, 2.05) is 31.2 Å². The van der Waals surface area contributed by atoms with Crippen LogP contribution < -0.4 is 0 Å². The second-order valence-electron chi connectivity index (χ2n) is 5.36. The highest BCUT2D eigenvalue weighted by Crippen LogP contribution is 2.23. The molecule has 0 radical (unpaired) electrons. The van der Waals surface area contributed by atoms with E-state index < -0.39 is 4.92 Å². The van der Waals surface area contributed by atoms with E-state index in [4.69, 9.17) is 0 Å². The Bertz CT molecular complexity index is 772. The minimum atomic E-state index is -0.439. The zero-order valence-corrected chi connectivity index (χ0v) is 14.9. The van der Waals surface area contributed by atoms with E-state index in [0.29, 0.717) is 0 Å². The zero-order valence-electron chi connectivity index (χ0n) is 13.3. The third-order valence-corrected chi connectivity index (χ3v) is 4.31. The molecule has 0 saturated carbocycles. The number of hydrogen-bond donors (Lipinski definition) is 0. The molecule has 0 saturated heterocycles. The molecule has 0 bridgehead atoms. The normalized spacial score (nSPS) is 12.1. The molecule has 1 atom stereocenters. The summed E-state index contributed by atoms with van der Waals surface area (Å²) in [5.74, 6) is -0.170. The van der Waals surface area contributed by atoms with Crippen molar-refractivity contribution in [3.8, 4) is 0 Å². The molecule has 1 amide bonds. The molecular formula is C18H17BrN2O3. The van der Waals surface area contributed by atoms with Gasteiger partial charge in [-0.2, -0.15) is 0 Å². The lowest BCUT2D eigenvalue weighted by molar-refractivity contribution is -0.384. The molecule has 6 heteroatoms. The van der Waals surface area contributed by atoms with Crippen LogP contribution in [0.3, 0.4) is 0 Å². The van der Waals surface area contributed by atoms with Crippen molar-refractivity contribution in [2.75, 3.05) is 7.05 Å². The second kappa shape index (κ2) is 7.88. The van der Waals surface area contributed by atoms with E-state index in [2.05, 4.69) is 15.9 Å². The van der Waals surface area contributed by atoms with Crippen LogP contribution in [0.5, 0.6) is 0 Å². The van der Waals surface area contributed by atoms with Crippen LogP contribution in [0.1, 0.15) is 24.1 Å². The van der Waals surface area contributed by atoms with Gasteiger partial charge in [-0.3, -0.25) is 14.9 Å². The van der Waals surface area contributed by atoms with Crippen molar-refractivity contribution in [3.05, 3.63) is 80.3 Å². The molecule has 0 unspecified atom stereocenters. The SMILES string of the molecule is C[C@@H](c1cccc([N+](=O)[O-])c1)N(C)C(=O)/C=C/c1ccc(Br)cc1. The van der Waals surface area contributed by atoms with Gasteiger partial charge in [0.1, 0.15) is 0 Å². The van der Waals surface area contributed by atoms with Gasteiger partial charge >= 0.3 is 0 Å². The van der Waals surface area contributed by atoms with Crippen LogP contribution in [0.25, 0.3) is 6.08 Å². The van der Waals surface area contributed by atoms with Gasteiger partial charge in [-0.25, -0.2) is 0 Å². The highest BCUT2D eigenvalue weighted by atomic mass is 79.9. The number of carbonyl (C=O) groups is 1. The van der Waals surface area contributed by atoms with E-state index in [9.17, 15) is 14.9 Å². The molecule has 2 aromatic carbocycles. The Balaban J connectivity index is 2.10. The first kappa shape index (κ1) is 17.9. The number of likely N-dealkylation sites (N-methyl/N-ethyl adjacent to an activating group) is 1. The summed E-state index contributed by atoms with van der Waals surface area (Å²) in [5, 5.41) is 10.9. The van der Waals surface area contributed by atoms with Crippen molar-refractivity contribution in [1.29, 1.82) is 0 Å². The van der Waals surface area contributed by atoms with Crippen molar-refractivity contribution in [2.24, 2.45) is 0 Å². The van der Waals surface area contributed by atoms with Crippen molar-refractivity contribution in [2.45, 2.75) is 13.0 Å². The van der Waals surface area contributed by atoms with Crippen LogP contribution in [0.15, 0.2) is 59.1 Å². The fourth-order valence-corrected chi connectivity index (χ4v) is 2.44. The smallest absolute Gasteiger partial charge is 0.269 e. The molecule has 0 aliphatic heterocycles. The zero-order chi connectivity index (χ0) is 17.7. The lowest BCUT2D eigenvalue weighted by Gasteiger charge is -2.24. The van der Waals surface area contributed by atoms with E-state index in [-0.39, 0.29) is 17.6 Å². The third-order valence-electron chi connectivity index (χ3n) is 3.78. The Hall–Kier alpha value is -2.47. The van der Waals surface area contributed by atoms with Crippen molar-refractivity contribution < 1.29 is 9.72 Å². The Morgan fingerprint density at radius 3 is 2.54 bits per heavy atom. The summed E-state index contributed by atoms with van der Waals surface area (Å²) < 4.78 is 0.974. The third kappa shape index (κ3) is 4.52. The molecule has 0 spiro atoms. The van der Waals surface area contributed by atoms with E-state index in [1.165, 1.54) is 18.2 Å². The van der Waals surface area contributed by atoms with Crippen LogP contribution >= 0.6 is 15.9 Å².